The maximum absolute atomic E-state index is 10.6. The van der Waals surface area contributed by atoms with Gasteiger partial charge in [-0.15, -0.1) is 0 Å². The molecule has 2 rings (SSSR count). The van der Waals surface area contributed by atoms with E-state index in [0.29, 0.717) is 6.04 Å². The summed E-state index contributed by atoms with van der Waals surface area (Å²) in [5.41, 5.74) is 3.33. The molecule has 1 unspecified atom stereocenters. The van der Waals surface area contributed by atoms with E-state index in [2.05, 4.69) is 36.9 Å². The smallest absolute Gasteiger partial charge is 0.328 e. The molecule has 1 N–H and O–H groups in total. The van der Waals surface area contributed by atoms with Crippen molar-refractivity contribution in [2.45, 2.75) is 25.8 Å². The fourth-order valence-electron chi connectivity index (χ4n) is 3.00. The minimum absolute atomic E-state index is 0.544. The molecule has 4 nitrogen and oxygen atoms in total. The predicted octanol–water partition coefficient (Wildman–Crippen LogP) is 2.62. The number of hydrogen-bond donors (Lipinski definition) is 1. The van der Waals surface area contributed by atoms with Crippen LogP contribution in [0.4, 0.5) is 5.69 Å². The van der Waals surface area contributed by atoms with E-state index in [-0.39, 0.29) is 0 Å². The molecule has 0 saturated carbocycles. The maximum atomic E-state index is 10.6. The largest absolute Gasteiger partial charge is 0.478 e. The number of carboxylic acids is 1. The number of likely N-dealkylation sites (tertiary alicyclic amines) is 1. The second-order valence-electron chi connectivity index (χ2n) is 5.89. The Bertz CT molecular complexity index is 540. The number of carbonyl (C=O) groups is 1. The standard InChI is InChI=1S/C17H24N2O2/c1-13-11-14(7-9-17(20)21)6-8-16(13)19(3)15-5-4-10-18(2)12-15/h6-9,11,15H,4-5,10,12H2,1-3H3,(H,20,21). The number of rotatable bonds is 4. The van der Waals surface area contributed by atoms with E-state index >= 15 is 0 Å². The number of aryl methyl sites for hydroxylation is 1. The molecule has 0 aliphatic carbocycles. The molecule has 1 fully saturated rings. The van der Waals surface area contributed by atoms with Gasteiger partial charge < -0.3 is 14.9 Å². The molecule has 1 aromatic rings. The van der Waals surface area contributed by atoms with Gasteiger partial charge in [0.1, 0.15) is 0 Å². The molecule has 0 bridgehead atoms. The second-order valence-corrected chi connectivity index (χ2v) is 5.89. The summed E-state index contributed by atoms with van der Waals surface area (Å²) >= 11 is 0. The number of benzene rings is 1. The molecule has 1 heterocycles. The Balaban J connectivity index is 2.14. The van der Waals surface area contributed by atoms with Crippen LogP contribution in [0.2, 0.25) is 0 Å². The Morgan fingerprint density at radius 1 is 1.48 bits per heavy atom. The SMILES string of the molecule is Cc1cc(C=CC(=O)O)ccc1N(C)C1CCCN(C)C1. The van der Waals surface area contributed by atoms with Crippen molar-refractivity contribution in [3.8, 4) is 0 Å². The number of hydrogen-bond acceptors (Lipinski definition) is 3. The van der Waals surface area contributed by atoms with E-state index in [1.165, 1.54) is 36.7 Å². The number of aliphatic carboxylic acids is 1. The minimum atomic E-state index is -0.918. The average Bonchev–Trinajstić information content (AvgIpc) is 2.44. The van der Waals surface area contributed by atoms with Crippen LogP contribution in [0.25, 0.3) is 6.08 Å². The van der Waals surface area contributed by atoms with Crippen molar-refractivity contribution in [2.75, 3.05) is 32.1 Å². The third kappa shape index (κ3) is 4.08. The van der Waals surface area contributed by atoms with Gasteiger partial charge in [-0.25, -0.2) is 4.79 Å². The Labute approximate surface area is 126 Å². The van der Waals surface area contributed by atoms with E-state index in [9.17, 15) is 4.79 Å². The monoisotopic (exact) mass is 288 g/mol. The molecule has 1 aliphatic rings. The lowest BCUT2D eigenvalue weighted by molar-refractivity contribution is -0.131. The predicted molar refractivity (Wildman–Crippen MR) is 86.8 cm³/mol. The van der Waals surface area contributed by atoms with Crippen molar-refractivity contribution in [1.82, 2.24) is 4.90 Å². The van der Waals surface area contributed by atoms with E-state index in [0.717, 1.165) is 12.1 Å². The molecule has 21 heavy (non-hydrogen) atoms. The Kier molecular flexibility index (Phi) is 5.02. The van der Waals surface area contributed by atoms with E-state index < -0.39 is 5.97 Å². The topological polar surface area (TPSA) is 43.8 Å². The van der Waals surface area contributed by atoms with E-state index in [1.807, 2.05) is 12.1 Å². The molecular weight excluding hydrogens is 264 g/mol. The van der Waals surface area contributed by atoms with Crippen molar-refractivity contribution in [3.05, 3.63) is 35.4 Å². The van der Waals surface area contributed by atoms with Crippen LogP contribution in [0.3, 0.4) is 0 Å². The highest BCUT2D eigenvalue weighted by Crippen LogP contribution is 2.25. The first-order valence-corrected chi connectivity index (χ1v) is 7.40. The fourth-order valence-corrected chi connectivity index (χ4v) is 3.00. The summed E-state index contributed by atoms with van der Waals surface area (Å²) in [5.74, 6) is -0.918. The Morgan fingerprint density at radius 2 is 2.24 bits per heavy atom. The zero-order chi connectivity index (χ0) is 15.4. The minimum Gasteiger partial charge on any atom is -0.478 e. The van der Waals surface area contributed by atoms with Crippen LogP contribution in [-0.2, 0) is 4.79 Å². The molecule has 114 valence electrons. The van der Waals surface area contributed by atoms with Crippen LogP contribution in [0, 0.1) is 6.92 Å². The van der Waals surface area contributed by atoms with Gasteiger partial charge in [-0.3, -0.25) is 0 Å². The molecule has 1 saturated heterocycles. The number of anilines is 1. The number of piperidine rings is 1. The third-order valence-electron chi connectivity index (χ3n) is 4.17. The van der Waals surface area contributed by atoms with Gasteiger partial charge in [-0.2, -0.15) is 0 Å². The highest BCUT2D eigenvalue weighted by molar-refractivity contribution is 5.85. The highest BCUT2D eigenvalue weighted by Gasteiger charge is 2.22. The van der Waals surface area contributed by atoms with Crippen LogP contribution in [0.5, 0.6) is 0 Å². The zero-order valence-electron chi connectivity index (χ0n) is 13.0. The van der Waals surface area contributed by atoms with Crippen molar-refractivity contribution in [3.63, 3.8) is 0 Å². The van der Waals surface area contributed by atoms with Gasteiger partial charge in [0.05, 0.1) is 0 Å². The summed E-state index contributed by atoms with van der Waals surface area (Å²) in [6.07, 6.45) is 5.27. The molecule has 1 aliphatic heterocycles. The van der Waals surface area contributed by atoms with Gasteiger partial charge in [-0.1, -0.05) is 6.07 Å². The quantitative estimate of drug-likeness (QED) is 0.865. The zero-order valence-corrected chi connectivity index (χ0v) is 13.0. The van der Waals surface area contributed by atoms with Crippen LogP contribution < -0.4 is 4.90 Å². The maximum Gasteiger partial charge on any atom is 0.328 e. The third-order valence-corrected chi connectivity index (χ3v) is 4.17. The number of nitrogens with zero attached hydrogens (tertiary/aromatic N) is 2. The van der Waals surface area contributed by atoms with Gasteiger partial charge in [0.2, 0.25) is 0 Å². The summed E-state index contributed by atoms with van der Waals surface area (Å²) in [5, 5.41) is 8.68. The van der Waals surface area contributed by atoms with Gasteiger partial charge in [-0.05, 0) is 62.7 Å². The Morgan fingerprint density at radius 3 is 2.86 bits per heavy atom. The molecule has 1 aromatic carbocycles. The van der Waals surface area contributed by atoms with Crippen molar-refractivity contribution in [1.29, 1.82) is 0 Å². The van der Waals surface area contributed by atoms with Crippen LogP contribution >= 0.6 is 0 Å². The summed E-state index contributed by atoms with van der Waals surface area (Å²) < 4.78 is 0. The molecule has 0 radical (unpaired) electrons. The first-order valence-electron chi connectivity index (χ1n) is 7.40. The average molecular weight is 288 g/mol. The van der Waals surface area contributed by atoms with Gasteiger partial charge >= 0.3 is 5.97 Å². The van der Waals surface area contributed by atoms with Crippen LogP contribution in [0.15, 0.2) is 24.3 Å². The molecule has 0 aromatic heterocycles. The first kappa shape index (κ1) is 15.6. The number of carboxylic acid groups (broad SMARTS) is 1. The van der Waals surface area contributed by atoms with Crippen LogP contribution in [-0.4, -0.2) is 49.2 Å². The van der Waals surface area contributed by atoms with Gasteiger partial charge in [0, 0.05) is 31.4 Å². The fraction of sp³-hybridized carbons (Fsp3) is 0.471. The summed E-state index contributed by atoms with van der Waals surface area (Å²) in [4.78, 5) is 15.3. The van der Waals surface area contributed by atoms with Crippen molar-refractivity contribution in [2.24, 2.45) is 0 Å². The van der Waals surface area contributed by atoms with E-state index in [4.69, 9.17) is 5.11 Å². The normalized spacial score (nSPS) is 19.9. The molecule has 1 atom stereocenters. The Hall–Kier alpha value is -1.81. The van der Waals surface area contributed by atoms with E-state index in [1.54, 1.807) is 6.08 Å². The molecule has 0 amide bonds. The second kappa shape index (κ2) is 6.76. The number of likely N-dealkylation sites (N-methyl/N-ethyl adjacent to an activating group) is 2. The molecule has 4 heteroatoms. The summed E-state index contributed by atoms with van der Waals surface area (Å²) in [6.45, 7) is 4.36. The van der Waals surface area contributed by atoms with Crippen LogP contribution in [0.1, 0.15) is 24.0 Å². The lowest BCUT2D eigenvalue weighted by Gasteiger charge is -2.37. The summed E-state index contributed by atoms with van der Waals surface area (Å²) in [7, 11) is 4.32. The molecule has 0 spiro atoms. The first-order chi connectivity index (χ1) is 9.97. The lowest BCUT2D eigenvalue weighted by atomic mass is 10.0. The molecular formula is C17H24N2O2. The van der Waals surface area contributed by atoms with Gasteiger partial charge in [0.25, 0.3) is 0 Å². The van der Waals surface area contributed by atoms with Crippen molar-refractivity contribution >= 4 is 17.7 Å². The van der Waals surface area contributed by atoms with Crippen molar-refractivity contribution < 1.29 is 9.90 Å². The van der Waals surface area contributed by atoms with Gasteiger partial charge in [0.15, 0.2) is 0 Å². The lowest BCUT2D eigenvalue weighted by Crippen LogP contribution is -2.45. The highest BCUT2D eigenvalue weighted by atomic mass is 16.4. The summed E-state index contributed by atoms with van der Waals surface area (Å²) in [6, 6.07) is 6.65.